The van der Waals surface area contributed by atoms with Crippen molar-refractivity contribution in [2.45, 2.75) is 53.0 Å². The van der Waals surface area contributed by atoms with Crippen molar-refractivity contribution >= 4 is 15.9 Å². The lowest BCUT2D eigenvalue weighted by Crippen LogP contribution is -2.28. The summed E-state index contributed by atoms with van der Waals surface area (Å²) in [4.78, 5) is 0. The molecule has 18 heavy (non-hydrogen) atoms. The molecule has 2 unspecified atom stereocenters. The molecule has 1 nitrogen and oxygen atoms in total. The van der Waals surface area contributed by atoms with Gasteiger partial charge in [-0.05, 0) is 55.5 Å². The molecule has 1 rings (SSSR count). The molecule has 0 amide bonds. The molecule has 2 heteroatoms. The van der Waals surface area contributed by atoms with Crippen LogP contribution in [0.1, 0.15) is 57.2 Å². The molecule has 102 valence electrons. The molecule has 0 saturated heterocycles. The standard InChI is InChI=1S/C16H26BrN/c1-5-7-12(3)16(18-10-6-2)15-9-8-14(17)11-13(15)4/h8-9,11-12,16,18H,5-7,10H2,1-4H3. The van der Waals surface area contributed by atoms with E-state index in [0.717, 1.165) is 6.54 Å². The van der Waals surface area contributed by atoms with Gasteiger partial charge in [0.2, 0.25) is 0 Å². The van der Waals surface area contributed by atoms with Crippen LogP contribution in [0.25, 0.3) is 0 Å². The Labute approximate surface area is 120 Å². The predicted molar refractivity (Wildman–Crippen MR) is 84.0 cm³/mol. The predicted octanol–water partition coefficient (Wildman–Crippen LogP) is 5.23. The zero-order chi connectivity index (χ0) is 13.5. The van der Waals surface area contributed by atoms with E-state index in [1.54, 1.807) is 0 Å². The van der Waals surface area contributed by atoms with Crippen LogP contribution in [0.5, 0.6) is 0 Å². The Bertz CT molecular complexity index is 362. The molecule has 0 aromatic heterocycles. The number of hydrogen-bond donors (Lipinski definition) is 1. The second-order valence-corrected chi connectivity index (χ2v) is 6.11. The van der Waals surface area contributed by atoms with Crippen LogP contribution in [-0.2, 0) is 0 Å². The summed E-state index contributed by atoms with van der Waals surface area (Å²) in [5, 5.41) is 3.72. The van der Waals surface area contributed by atoms with E-state index in [-0.39, 0.29) is 0 Å². The number of halogens is 1. The quantitative estimate of drug-likeness (QED) is 0.726. The molecule has 0 saturated carbocycles. The molecule has 1 aromatic carbocycles. The Morgan fingerprint density at radius 2 is 1.94 bits per heavy atom. The second kappa shape index (κ2) is 7.96. The largest absolute Gasteiger partial charge is 0.310 e. The zero-order valence-corrected chi connectivity index (χ0v) is 13.7. The molecule has 1 aromatic rings. The normalized spacial score (nSPS) is 14.5. The molecule has 0 aliphatic carbocycles. The van der Waals surface area contributed by atoms with E-state index in [4.69, 9.17) is 0 Å². The van der Waals surface area contributed by atoms with Gasteiger partial charge in [-0.15, -0.1) is 0 Å². The van der Waals surface area contributed by atoms with Gasteiger partial charge in [-0.25, -0.2) is 0 Å². The zero-order valence-electron chi connectivity index (χ0n) is 12.1. The van der Waals surface area contributed by atoms with Crippen molar-refractivity contribution in [2.24, 2.45) is 5.92 Å². The van der Waals surface area contributed by atoms with Gasteiger partial charge >= 0.3 is 0 Å². The van der Waals surface area contributed by atoms with Gasteiger partial charge in [0, 0.05) is 10.5 Å². The van der Waals surface area contributed by atoms with Crippen molar-refractivity contribution in [1.82, 2.24) is 5.32 Å². The molecule has 0 fully saturated rings. The van der Waals surface area contributed by atoms with Crippen LogP contribution >= 0.6 is 15.9 Å². The smallest absolute Gasteiger partial charge is 0.0348 e. The van der Waals surface area contributed by atoms with Gasteiger partial charge in [0.15, 0.2) is 0 Å². The molecule has 0 aliphatic heterocycles. The summed E-state index contributed by atoms with van der Waals surface area (Å²) >= 11 is 3.55. The van der Waals surface area contributed by atoms with Crippen LogP contribution in [0.2, 0.25) is 0 Å². The summed E-state index contributed by atoms with van der Waals surface area (Å²) in [6.07, 6.45) is 3.71. The third-order valence-electron chi connectivity index (χ3n) is 3.49. The first-order valence-corrected chi connectivity index (χ1v) is 7.88. The lowest BCUT2D eigenvalue weighted by Gasteiger charge is -2.27. The summed E-state index contributed by atoms with van der Waals surface area (Å²) in [5.74, 6) is 0.682. The van der Waals surface area contributed by atoms with Crippen molar-refractivity contribution in [3.63, 3.8) is 0 Å². The Morgan fingerprint density at radius 3 is 2.50 bits per heavy atom. The fourth-order valence-electron chi connectivity index (χ4n) is 2.53. The third-order valence-corrected chi connectivity index (χ3v) is 3.99. The minimum atomic E-state index is 0.484. The average Bonchev–Trinajstić information content (AvgIpc) is 2.32. The van der Waals surface area contributed by atoms with Gasteiger partial charge < -0.3 is 5.32 Å². The monoisotopic (exact) mass is 311 g/mol. The Morgan fingerprint density at radius 1 is 1.22 bits per heavy atom. The van der Waals surface area contributed by atoms with Crippen molar-refractivity contribution in [3.8, 4) is 0 Å². The van der Waals surface area contributed by atoms with Crippen molar-refractivity contribution in [3.05, 3.63) is 33.8 Å². The Balaban J connectivity index is 2.93. The maximum Gasteiger partial charge on any atom is 0.0348 e. The highest BCUT2D eigenvalue weighted by Crippen LogP contribution is 2.29. The Kier molecular flexibility index (Phi) is 6.95. The van der Waals surface area contributed by atoms with Crippen LogP contribution in [0.3, 0.4) is 0 Å². The van der Waals surface area contributed by atoms with Crippen molar-refractivity contribution in [2.75, 3.05) is 6.54 Å². The highest BCUT2D eigenvalue weighted by atomic mass is 79.9. The maximum absolute atomic E-state index is 3.72. The van der Waals surface area contributed by atoms with Gasteiger partial charge in [0.1, 0.15) is 0 Å². The van der Waals surface area contributed by atoms with Crippen LogP contribution in [0.4, 0.5) is 0 Å². The van der Waals surface area contributed by atoms with Gasteiger partial charge in [0.25, 0.3) is 0 Å². The first kappa shape index (κ1) is 15.7. The fraction of sp³-hybridized carbons (Fsp3) is 0.625. The van der Waals surface area contributed by atoms with Crippen LogP contribution in [0, 0.1) is 12.8 Å². The summed E-state index contributed by atoms with van der Waals surface area (Å²) < 4.78 is 1.17. The molecule has 2 atom stereocenters. The van der Waals surface area contributed by atoms with Crippen LogP contribution < -0.4 is 5.32 Å². The molecule has 0 spiro atoms. The lowest BCUT2D eigenvalue weighted by molar-refractivity contribution is 0.362. The second-order valence-electron chi connectivity index (χ2n) is 5.20. The van der Waals surface area contributed by atoms with E-state index in [1.807, 2.05) is 0 Å². The van der Waals surface area contributed by atoms with Gasteiger partial charge in [-0.1, -0.05) is 49.2 Å². The number of rotatable bonds is 7. The maximum atomic E-state index is 3.72. The fourth-order valence-corrected chi connectivity index (χ4v) is 3.00. The number of benzene rings is 1. The summed E-state index contributed by atoms with van der Waals surface area (Å²) in [6, 6.07) is 7.12. The lowest BCUT2D eigenvalue weighted by atomic mass is 9.88. The van der Waals surface area contributed by atoms with E-state index < -0.39 is 0 Å². The van der Waals surface area contributed by atoms with Crippen molar-refractivity contribution < 1.29 is 0 Å². The van der Waals surface area contributed by atoms with E-state index in [9.17, 15) is 0 Å². The van der Waals surface area contributed by atoms with E-state index in [2.05, 4.69) is 67.1 Å². The first-order chi connectivity index (χ1) is 8.60. The third kappa shape index (κ3) is 4.40. The molecule has 0 radical (unpaired) electrons. The minimum Gasteiger partial charge on any atom is -0.310 e. The van der Waals surface area contributed by atoms with E-state index in [0.29, 0.717) is 12.0 Å². The number of aryl methyl sites for hydroxylation is 1. The highest BCUT2D eigenvalue weighted by Gasteiger charge is 2.19. The SMILES string of the molecule is CCCNC(c1ccc(Br)cc1C)C(C)CCC. The van der Waals surface area contributed by atoms with Crippen molar-refractivity contribution in [1.29, 1.82) is 0 Å². The van der Waals surface area contributed by atoms with Crippen LogP contribution in [0.15, 0.2) is 22.7 Å². The number of nitrogens with one attached hydrogen (secondary N) is 1. The summed E-state index contributed by atoms with van der Waals surface area (Å²) in [5.41, 5.74) is 2.83. The topological polar surface area (TPSA) is 12.0 Å². The molecule has 0 bridgehead atoms. The van der Waals surface area contributed by atoms with Gasteiger partial charge in [0.05, 0.1) is 0 Å². The minimum absolute atomic E-state index is 0.484. The average molecular weight is 312 g/mol. The molecular formula is C16H26BrN. The molecule has 0 heterocycles. The Hall–Kier alpha value is -0.340. The first-order valence-electron chi connectivity index (χ1n) is 7.09. The molecule has 0 aliphatic rings. The van der Waals surface area contributed by atoms with E-state index >= 15 is 0 Å². The summed E-state index contributed by atoms with van der Waals surface area (Å²) in [6.45, 7) is 10.1. The molecule has 1 N–H and O–H groups in total. The molecular weight excluding hydrogens is 286 g/mol. The van der Waals surface area contributed by atoms with Gasteiger partial charge in [-0.3, -0.25) is 0 Å². The van der Waals surface area contributed by atoms with Crippen LogP contribution in [-0.4, -0.2) is 6.54 Å². The van der Waals surface area contributed by atoms with E-state index in [1.165, 1.54) is 34.9 Å². The highest BCUT2D eigenvalue weighted by molar-refractivity contribution is 9.10. The summed E-state index contributed by atoms with van der Waals surface area (Å²) in [7, 11) is 0. The van der Waals surface area contributed by atoms with Gasteiger partial charge in [-0.2, -0.15) is 0 Å². The number of hydrogen-bond acceptors (Lipinski definition) is 1.